The fourth-order valence-electron chi connectivity index (χ4n) is 9.48. The van der Waals surface area contributed by atoms with Crippen molar-refractivity contribution in [2.45, 2.75) is 354 Å². The van der Waals surface area contributed by atoms with Crippen LogP contribution < -0.4 is 0 Å². The van der Waals surface area contributed by atoms with Gasteiger partial charge in [-0.25, -0.2) is 0 Å². The van der Waals surface area contributed by atoms with Crippen LogP contribution in [0, 0.1) is 0 Å². The highest BCUT2D eigenvalue weighted by Gasteiger charge is 2.19. The predicted octanol–water partition coefficient (Wildman–Crippen LogP) is 21.6. The minimum atomic E-state index is -0.776. The van der Waals surface area contributed by atoms with Crippen molar-refractivity contribution < 1.29 is 28.6 Å². The lowest BCUT2D eigenvalue weighted by atomic mass is 10.0. The molecular weight excluding hydrogens is 889 g/mol. The van der Waals surface area contributed by atoms with Crippen molar-refractivity contribution in [2.75, 3.05) is 13.2 Å². The van der Waals surface area contributed by atoms with Crippen LogP contribution in [0.2, 0.25) is 0 Å². The van der Waals surface area contributed by atoms with Gasteiger partial charge < -0.3 is 14.2 Å². The van der Waals surface area contributed by atoms with E-state index in [1.165, 1.54) is 225 Å². The zero-order valence-electron chi connectivity index (χ0n) is 48.5. The summed E-state index contributed by atoms with van der Waals surface area (Å²) in [6, 6.07) is 0. The van der Waals surface area contributed by atoms with Gasteiger partial charge in [0.25, 0.3) is 0 Å². The average molecular weight is 1010 g/mol. The Bertz CT molecular complexity index is 1210. The number of carbonyl (C=O) groups excluding carboxylic acids is 3. The fourth-order valence-corrected chi connectivity index (χ4v) is 9.48. The van der Waals surface area contributed by atoms with Crippen molar-refractivity contribution in [1.29, 1.82) is 0 Å². The molecule has 422 valence electrons. The second kappa shape index (κ2) is 61.2. The summed E-state index contributed by atoms with van der Waals surface area (Å²) in [5.74, 6) is -0.881. The molecule has 0 aliphatic rings. The number of allylic oxidation sites excluding steroid dienone is 6. The zero-order valence-corrected chi connectivity index (χ0v) is 48.5. The summed E-state index contributed by atoms with van der Waals surface area (Å²) in [5.41, 5.74) is 0. The molecule has 0 saturated carbocycles. The van der Waals surface area contributed by atoms with Gasteiger partial charge in [0.05, 0.1) is 0 Å². The van der Waals surface area contributed by atoms with E-state index < -0.39 is 6.10 Å². The van der Waals surface area contributed by atoms with Crippen LogP contribution in [0.1, 0.15) is 348 Å². The highest BCUT2D eigenvalue weighted by atomic mass is 16.6. The number of unbranched alkanes of at least 4 members (excludes halogenated alkanes) is 42. The third-order valence-corrected chi connectivity index (χ3v) is 14.3. The Morgan fingerprint density at radius 3 is 0.792 bits per heavy atom. The molecule has 0 saturated heterocycles. The molecule has 1 atom stereocenters. The molecule has 0 aromatic carbocycles. The number of ether oxygens (including phenoxy) is 3. The topological polar surface area (TPSA) is 78.9 Å². The monoisotopic (exact) mass is 1010 g/mol. The van der Waals surface area contributed by atoms with E-state index in [2.05, 4.69) is 57.2 Å². The van der Waals surface area contributed by atoms with Crippen LogP contribution in [0.25, 0.3) is 0 Å². The van der Waals surface area contributed by atoms with Crippen molar-refractivity contribution in [2.24, 2.45) is 0 Å². The van der Waals surface area contributed by atoms with Gasteiger partial charge in [-0.1, -0.05) is 282 Å². The molecule has 0 heterocycles. The quantitative estimate of drug-likeness (QED) is 0.0261. The Morgan fingerprint density at radius 1 is 0.264 bits per heavy atom. The van der Waals surface area contributed by atoms with E-state index in [4.69, 9.17) is 14.2 Å². The van der Waals surface area contributed by atoms with Crippen molar-refractivity contribution in [1.82, 2.24) is 0 Å². The van der Waals surface area contributed by atoms with E-state index >= 15 is 0 Å². The van der Waals surface area contributed by atoms with Gasteiger partial charge in [0.2, 0.25) is 0 Å². The molecule has 6 nitrogen and oxygen atoms in total. The van der Waals surface area contributed by atoms with E-state index in [9.17, 15) is 14.4 Å². The Morgan fingerprint density at radius 2 is 0.500 bits per heavy atom. The lowest BCUT2D eigenvalue weighted by Gasteiger charge is -2.18. The summed E-state index contributed by atoms with van der Waals surface area (Å²) in [7, 11) is 0. The van der Waals surface area contributed by atoms with Crippen molar-refractivity contribution in [3.63, 3.8) is 0 Å². The molecule has 0 bridgehead atoms. The first-order chi connectivity index (χ1) is 35.5. The number of rotatable bonds is 59. The summed E-state index contributed by atoms with van der Waals surface area (Å²) < 4.78 is 16.8. The number of carbonyl (C=O) groups is 3. The first kappa shape index (κ1) is 69.6. The van der Waals surface area contributed by atoms with E-state index in [0.29, 0.717) is 19.3 Å². The van der Waals surface area contributed by atoms with Crippen LogP contribution in [-0.2, 0) is 28.6 Å². The van der Waals surface area contributed by atoms with Crippen molar-refractivity contribution >= 4 is 17.9 Å². The molecule has 0 N–H and O–H groups in total. The zero-order chi connectivity index (χ0) is 52.2. The second-order valence-electron chi connectivity index (χ2n) is 21.7. The molecule has 0 fully saturated rings. The Balaban J connectivity index is 3.96. The molecule has 6 heteroatoms. The van der Waals surface area contributed by atoms with Gasteiger partial charge in [-0.15, -0.1) is 0 Å². The molecule has 0 aromatic heterocycles. The third kappa shape index (κ3) is 58.5. The van der Waals surface area contributed by atoms with Gasteiger partial charge >= 0.3 is 17.9 Å². The normalized spacial score (nSPS) is 12.2. The van der Waals surface area contributed by atoms with Gasteiger partial charge in [-0.3, -0.25) is 14.4 Å². The van der Waals surface area contributed by atoms with Crippen molar-refractivity contribution in [3.8, 4) is 0 Å². The highest BCUT2D eigenvalue weighted by Crippen LogP contribution is 2.18. The molecule has 0 aliphatic heterocycles. The Kier molecular flexibility index (Phi) is 59.2. The number of esters is 3. The Labute approximate surface area is 448 Å². The molecule has 0 radical (unpaired) electrons. The van der Waals surface area contributed by atoms with Crippen LogP contribution in [0.4, 0.5) is 0 Å². The van der Waals surface area contributed by atoms with Crippen LogP contribution in [0.15, 0.2) is 36.5 Å². The van der Waals surface area contributed by atoms with Crippen LogP contribution in [-0.4, -0.2) is 37.2 Å². The van der Waals surface area contributed by atoms with Gasteiger partial charge in [0, 0.05) is 19.3 Å². The SMILES string of the molecule is CCC/C=C\CCCCCCCC(=O)OCC(COC(=O)CCCCCCCCCCCCCCCCCCCCCCC/C=C\CCCCCCCCCC)OC(=O)CCCCCCC/C=C\CCCC. The lowest BCUT2D eigenvalue weighted by Crippen LogP contribution is -2.30. The van der Waals surface area contributed by atoms with E-state index in [1.54, 1.807) is 0 Å². The van der Waals surface area contributed by atoms with Gasteiger partial charge in [-0.2, -0.15) is 0 Å². The molecule has 0 amide bonds. The first-order valence-corrected chi connectivity index (χ1v) is 32.0. The first-order valence-electron chi connectivity index (χ1n) is 32.0. The van der Waals surface area contributed by atoms with Gasteiger partial charge in [-0.05, 0) is 83.5 Å². The molecule has 0 aliphatic carbocycles. The molecule has 72 heavy (non-hydrogen) atoms. The predicted molar refractivity (Wildman–Crippen MR) is 312 cm³/mol. The maximum atomic E-state index is 12.8. The molecule has 0 aromatic rings. The van der Waals surface area contributed by atoms with E-state index in [-0.39, 0.29) is 31.1 Å². The van der Waals surface area contributed by atoms with Crippen LogP contribution in [0.5, 0.6) is 0 Å². The van der Waals surface area contributed by atoms with Crippen LogP contribution >= 0.6 is 0 Å². The maximum Gasteiger partial charge on any atom is 0.306 e. The lowest BCUT2D eigenvalue weighted by molar-refractivity contribution is -0.167. The fraction of sp³-hybridized carbons (Fsp3) is 0.864. The second-order valence-corrected chi connectivity index (χ2v) is 21.7. The third-order valence-electron chi connectivity index (χ3n) is 14.3. The van der Waals surface area contributed by atoms with Crippen LogP contribution in [0.3, 0.4) is 0 Å². The summed E-state index contributed by atoms with van der Waals surface area (Å²) in [6.45, 7) is 6.56. The number of hydrogen-bond donors (Lipinski definition) is 0. The summed E-state index contributed by atoms with van der Waals surface area (Å²) >= 11 is 0. The van der Waals surface area contributed by atoms with Gasteiger partial charge in [0.15, 0.2) is 6.10 Å². The van der Waals surface area contributed by atoms with E-state index in [1.807, 2.05) is 0 Å². The largest absolute Gasteiger partial charge is 0.462 e. The maximum absolute atomic E-state index is 12.8. The summed E-state index contributed by atoms with van der Waals surface area (Å²) in [4.78, 5) is 38.0. The summed E-state index contributed by atoms with van der Waals surface area (Å²) in [6.07, 6.45) is 74.8. The van der Waals surface area contributed by atoms with Gasteiger partial charge in [0.1, 0.15) is 13.2 Å². The van der Waals surface area contributed by atoms with E-state index in [0.717, 1.165) is 83.5 Å². The van der Waals surface area contributed by atoms with Crippen molar-refractivity contribution in [3.05, 3.63) is 36.5 Å². The smallest absolute Gasteiger partial charge is 0.306 e. The molecule has 1 unspecified atom stereocenters. The standard InChI is InChI=1S/C66H122O6/c1-4-7-10-13-16-19-22-23-24-25-26-27-28-29-30-31-32-33-34-35-36-37-38-39-40-41-42-43-45-47-50-53-56-59-65(68)71-62-63(61-70-64(67)58-55-52-49-46-21-18-15-12-9-6-3)72-66(69)60-57-54-51-48-44-20-17-14-11-8-5-2/h12,14-15,17,25-26,63H,4-11,13,16,18-24,27-62H2,1-3H3/b15-12-,17-14-,26-25-. The molecule has 0 spiro atoms. The molecule has 0 rings (SSSR count). The Hall–Kier alpha value is -2.37. The summed E-state index contributed by atoms with van der Waals surface area (Å²) in [5, 5.41) is 0. The average Bonchev–Trinajstić information content (AvgIpc) is 3.38. The number of hydrogen-bond acceptors (Lipinski definition) is 6. The minimum absolute atomic E-state index is 0.0748. The highest BCUT2D eigenvalue weighted by molar-refractivity contribution is 5.71. The minimum Gasteiger partial charge on any atom is -0.462 e. The molecular formula is C66H122O6.